The molecule has 0 spiro atoms. The molecule has 4 heteroatoms. The van der Waals surface area contributed by atoms with Crippen molar-refractivity contribution < 1.29 is 0 Å². The van der Waals surface area contributed by atoms with Crippen LogP contribution in [0.2, 0.25) is 0 Å². The Morgan fingerprint density at radius 1 is 1.29 bits per heavy atom. The summed E-state index contributed by atoms with van der Waals surface area (Å²) in [5.41, 5.74) is 2.34. The fraction of sp³-hybridized carbons (Fsp3) is 0.294. The highest BCUT2D eigenvalue weighted by atomic mass is 15.1. The average molecular weight is 278 g/mol. The predicted octanol–water partition coefficient (Wildman–Crippen LogP) is 2.98. The van der Waals surface area contributed by atoms with Crippen LogP contribution in [0.25, 0.3) is 16.7 Å². The van der Waals surface area contributed by atoms with Crippen molar-refractivity contribution in [2.75, 3.05) is 0 Å². The van der Waals surface area contributed by atoms with E-state index in [9.17, 15) is 0 Å². The lowest BCUT2D eigenvalue weighted by molar-refractivity contribution is 0.690. The van der Waals surface area contributed by atoms with E-state index < -0.39 is 0 Å². The second-order valence-electron chi connectivity index (χ2n) is 5.66. The molecule has 4 nitrogen and oxygen atoms in total. The van der Waals surface area contributed by atoms with Gasteiger partial charge in [0.1, 0.15) is 11.6 Å². The molecule has 1 aliphatic carbocycles. The van der Waals surface area contributed by atoms with Gasteiger partial charge in [-0.1, -0.05) is 18.2 Å². The molecule has 2 aromatic heterocycles. The number of aromatic nitrogens is 3. The van der Waals surface area contributed by atoms with Gasteiger partial charge >= 0.3 is 0 Å². The predicted molar refractivity (Wildman–Crippen MR) is 83.5 cm³/mol. The fourth-order valence-electron chi connectivity index (χ4n) is 2.66. The lowest BCUT2D eigenvalue weighted by Crippen LogP contribution is -2.16. The van der Waals surface area contributed by atoms with Gasteiger partial charge in [-0.15, -0.1) is 0 Å². The molecule has 1 aliphatic rings. The third kappa shape index (κ3) is 2.43. The van der Waals surface area contributed by atoms with E-state index in [2.05, 4.69) is 34.6 Å². The van der Waals surface area contributed by atoms with E-state index in [1.54, 1.807) is 0 Å². The van der Waals surface area contributed by atoms with Gasteiger partial charge in [0.2, 0.25) is 0 Å². The number of nitrogens with zero attached hydrogens (tertiary/aromatic N) is 3. The Bertz CT molecular complexity index is 786. The topological polar surface area (TPSA) is 42.7 Å². The molecule has 0 radical (unpaired) electrons. The van der Waals surface area contributed by atoms with Crippen molar-refractivity contribution in [1.29, 1.82) is 0 Å². The first-order chi connectivity index (χ1) is 10.3. The van der Waals surface area contributed by atoms with Gasteiger partial charge in [-0.2, -0.15) is 0 Å². The summed E-state index contributed by atoms with van der Waals surface area (Å²) in [7, 11) is 0. The number of fused-ring (bicyclic) bond motifs is 1. The maximum absolute atomic E-state index is 4.78. The molecule has 0 aliphatic heterocycles. The average Bonchev–Trinajstić information content (AvgIpc) is 3.24. The van der Waals surface area contributed by atoms with Crippen LogP contribution in [-0.4, -0.2) is 20.6 Å². The van der Waals surface area contributed by atoms with Crippen LogP contribution in [-0.2, 0) is 6.54 Å². The summed E-state index contributed by atoms with van der Waals surface area (Å²) in [6, 6.07) is 11.2. The summed E-state index contributed by atoms with van der Waals surface area (Å²) >= 11 is 0. The fourth-order valence-corrected chi connectivity index (χ4v) is 2.66. The zero-order chi connectivity index (χ0) is 14.2. The highest BCUT2D eigenvalue weighted by Crippen LogP contribution is 2.23. The number of hydrogen-bond acceptors (Lipinski definition) is 3. The Morgan fingerprint density at radius 3 is 2.90 bits per heavy atom. The van der Waals surface area contributed by atoms with Crippen molar-refractivity contribution in [1.82, 2.24) is 19.9 Å². The maximum atomic E-state index is 4.78. The SMILES string of the molecule is Cc1nccn1-c1cc(CNC2CC2)c2ccccc2n1. The molecule has 21 heavy (non-hydrogen) atoms. The quantitative estimate of drug-likeness (QED) is 0.798. The van der Waals surface area contributed by atoms with E-state index >= 15 is 0 Å². The molecule has 1 fully saturated rings. The molecule has 2 heterocycles. The van der Waals surface area contributed by atoms with E-state index in [-0.39, 0.29) is 0 Å². The van der Waals surface area contributed by atoms with Crippen LogP contribution in [0, 0.1) is 6.92 Å². The normalized spacial score (nSPS) is 14.7. The van der Waals surface area contributed by atoms with Gasteiger partial charge < -0.3 is 5.32 Å². The minimum Gasteiger partial charge on any atom is -0.310 e. The van der Waals surface area contributed by atoms with E-state index in [0.717, 1.165) is 23.7 Å². The molecule has 3 aromatic rings. The van der Waals surface area contributed by atoms with Crippen molar-refractivity contribution in [3.63, 3.8) is 0 Å². The van der Waals surface area contributed by atoms with Crippen LogP contribution in [0.15, 0.2) is 42.7 Å². The van der Waals surface area contributed by atoms with Gasteiger partial charge in [0.15, 0.2) is 0 Å². The zero-order valence-electron chi connectivity index (χ0n) is 12.1. The number of rotatable bonds is 4. The molecule has 0 saturated heterocycles. The number of benzene rings is 1. The van der Waals surface area contributed by atoms with Gasteiger partial charge in [-0.05, 0) is 37.5 Å². The number of nitrogens with one attached hydrogen (secondary N) is 1. The van der Waals surface area contributed by atoms with Gasteiger partial charge in [0, 0.05) is 30.4 Å². The second kappa shape index (κ2) is 4.97. The molecule has 0 atom stereocenters. The first-order valence-electron chi connectivity index (χ1n) is 7.43. The first-order valence-corrected chi connectivity index (χ1v) is 7.43. The monoisotopic (exact) mass is 278 g/mol. The summed E-state index contributed by atoms with van der Waals surface area (Å²) in [6.45, 7) is 2.90. The number of hydrogen-bond donors (Lipinski definition) is 1. The molecular formula is C17H18N4. The van der Waals surface area contributed by atoms with Crippen LogP contribution >= 0.6 is 0 Å². The van der Waals surface area contributed by atoms with Crippen molar-refractivity contribution in [3.05, 3.63) is 54.1 Å². The Balaban J connectivity index is 1.82. The molecular weight excluding hydrogens is 260 g/mol. The van der Waals surface area contributed by atoms with Crippen LogP contribution in [0.1, 0.15) is 24.2 Å². The van der Waals surface area contributed by atoms with Crippen molar-refractivity contribution >= 4 is 10.9 Å². The number of aryl methyl sites for hydroxylation is 1. The summed E-state index contributed by atoms with van der Waals surface area (Å²) < 4.78 is 2.03. The van der Waals surface area contributed by atoms with Gasteiger partial charge in [-0.25, -0.2) is 9.97 Å². The Labute approximate surface area is 123 Å². The second-order valence-corrected chi connectivity index (χ2v) is 5.66. The molecule has 1 saturated carbocycles. The summed E-state index contributed by atoms with van der Waals surface area (Å²) in [5.74, 6) is 1.90. The van der Waals surface area contributed by atoms with Gasteiger partial charge in [0.05, 0.1) is 5.52 Å². The Hall–Kier alpha value is -2.20. The first kappa shape index (κ1) is 12.5. The van der Waals surface area contributed by atoms with Crippen LogP contribution in [0.3, 0.4) is 0 Å². The van der Waals surface area contributed by atoms with Gasteiger partial charge in [-0.3, -0.25) is 4.57 Å². The molecule has 0 amide bonds. The molecule has 1 aromatic carbocycles. The number of para-hydroxylation sites is 1. The van der Waals surface area contributed by atoms with Crippen molar-refractivity contribution in [2.24, 2.45) is 0 Å². The van der Waals surface area contributed by atoms with E-state index in [4.69, 9.17) is 4.98 Å². The smallest absolute Gasteiger partial charge is 0.139 e. The van der Waals surface area contributed by atoms with E-state index in [1.165, 1.54) is 23.8 Å². The standard InChI is InChI=1S/C17H18N4/c1-12-18-8-9-21(12)17-10-13(11-19-14-6-7-14)15-4-2-3-5-16(15)20-17/h2-5,8-10,14,19H,6-7,11H2,1H3. The molecule has 0 unspecified atom stereocenters. The molecule has 106 valence electrons. The zero-order valence-corrected chi connectivity index (χ0v) is 12.1. The summed E-state index contributed by atoms with van der Waals surface area (Å²) in [6.07, 6.45) is 6.38. The lowest BCUT2D eigenvalue weighted by atomic mass is 10.1. The Morgan fingerprint density at radius 2 is 2.14 bits per heavy atom. The van der Waals surface area contributed by atoms with Gasteiger partial charge in [0.25, 0.3) is 0 Å². The van der Waals surface area contributed by atoms with Crippen LogP contribution in [0.5, 0.6) is 0 Å². The summed E-state index contributed by atoms with van der Waals surface area (Å²) in [4.78, 5) is 9.07. The third-order valence-electron chi connectivity index (χ3n) is 4.02. The minimum atomic E-state index is 0.704. The van der Waals surface area contributed by atoms with Crippen LogP contribution in [0.4, 0.5) is 0 Å². The van der Waals surface area contributed by atoms with E-state index in [0.29, 0.717) is 6.04 Å². The largest absolute Gasteiger partial charge is 0.310 e. The lowest BCUT2D eigenvalue weighted by Gasteiger charge is -2.11. The Kier molecular flexibility index (Phi) is 2.97. The third-order valence-corrected chi connectivity index (χ3v) is 4.02. The maximum Gasteiger partial charge on any atom is 0.139 e. The van der Waals surface area contributed by atoms with E-state index in [1.807, 2.05) is 30.0 Å². The van der Waals surface area contributed by atoms with Crippen molar-refractivity contribution in [3.8, 4) is 5.82 Å². The molecule has 0 bridgehead atoms. The highest BCUT2D eigenvalue weighted by Gasteiger charge is 2.20. The molecule has 1 N–H and O–H groups in total. The number of imidazole rings is 1. The minimum absolute atomic E-state index is 0.704. The molecule has 4 rings (SSSR count). The summed E-state index contributed by atoms with van der Waals surface area (Å²) in [5, 5.41) is 4.83. The van der Waals surface area contributed by atoms with Crippen molar-refractivity contribution in [2.45, 2.75) is 32.4 Å². The highest BCUT2D eigenvalue weighted by molar-refractivity contribution is 5.83. The number of pyridine rings is 1. The van der Waals surface area contributed by atoms with Crippen LogP contribution < -0.4 is 5.32 Å².